The highest BCUT2D eigenvalue weighted by atomic mass is 35.5. The third-order valence-electron chi connectivity index (χ3n) is 3.67. The van der Waals surface area contributed by atoms with Gasteiger partial charge in [-0.15, -0.1) is 11.6 Å². The van der Waals surface area contributed by atoms with Crippen molar-refractivity contribution >= 4 is 34.8 Å². The highest BCUT2D eigenvalue weighted by Gasteiger charge is 2.47. The molecule has 22 heavy (non-hydrogen) atoms. The zero-order chi connectivity index (χ0) is 15.7. The first-order valence-corrected chi connectivity index (χ1v) is 7.88. The molecule has 1 heterocycles. The molecule has 0 aromatic heterocycles. The van der Waals surface area contributed by atoms with E-state index in [1.54, 1.807) is 17.0 Å². The summed E-state index contributed by atoms with van der Waals surface area (Å²) in [5, 5.41) is 0.0883. The first-order valence-electron chi connectivity index (χ1n) is 7.07. The fourth-order valence-corrected chi connectivity index (χ4v) is 3.08. The third kappa shape index (κ3) is 2.67. The van der Waals surface area contributed by atoms with Crippen LogP contribution in [-0.2, 0) is 4.79 Å². The number of ether oxygens (including phenoxy) is 1. The molecule has 1 aliphatic rings. The van der Waals surface area contributed by atoms with Crippen molar-refractivity contribution in [3.63, 3.8) is 0 Å². The number of carbonyl (C=O) groups is 1. The molecular formula is C17H15Cl2NO2. The summed E-state index contributed by atoms with van der Waals surface area (Å²) in [6.07, 6.45) is 0. The molecule has 0 bridgehead atoms. The van der Waals surface area contributed by atoms with Crippen molar-refractivity contribution in [1.82, 2.24) is 0 Å². The molecule has 0 radical (unpaired) electrons. The van der Waals surface area contributed by atoms with Crippen LogP contribution < -0.4 is 9.64 Å². The summed E-state index contributed by atoms with van der Waals surface area (Å²) in [4.78, 5) is 13.8. The maximum absolute atomic E-state index is 12.1. The van der Waals surface area contributed by atoms with E-state index in [4.69, 9.17) is 27.9 Å². The number of rotatable bonds is 4. The summed E-state index contributed by atoms with van der Waals surface area (Å²) in [7, 11) is 0. The average Bonchev–Trinajstić information content (AvgIpc) is 2.54. The van der Waals surface area contributed by atoms with E-state index in [9.17, 15) is 4.79 Å². The summed E-state index contributed by atoms with van der Waals surface area (Å²) >= 11 is 12.1. The molecule has 1 amide bonds. The lowest BCUT2D eigenvalue weighted by molar-refractivity contribution is -0.123. The van der Waals surface area contributed by atoms with Gasteiger partial charge in [0.2, 0.25) is 5.91 Å². The molecule has 0 aliphatic carbocycles. The summed E-state index contributed by atoms with van der Waals surface area (Å²) in [6, 6.07) is 14.7. The Morgan fingerprint density at radius 2 is 1.73 bits per heavy atom. The zero-order valence-electron chi connectivity index (χ0n) is 12.0. The normalized spacial score (nSPS) is 20.7. The van der Waals surface area contributed by atoms with Crippen LogP contribution in [0.15, 0.2) is 48.5 Å². The number of halogens is 2. The number of anilines is 1. The van der Waals surface area contributed by atoms with E-state index in [2.05, 4.69) is 0 Å². The Morgan fingerprint density at radius 1 is 1.09 bits per heavy atom. The van der Waals surface area contributed by atoms with Crippen LogP contribution in [0.2, 0.25) is 5.02 Å². The Morgan fingerprint density at radius 3 is 2.32 bits per heavy atom. The first kappa shape index (κ1) is 15.2. The molecule has 0 unspecified atom stereocenters. The van der Waals surface area contributed by atoms with Crippen LogP contribution in [0.3, 0.4) is 0 Å². The van der Waals surface area contributed by atoms with Crippen LogP contribution in [0.4, 0.5) is 5.69 Å². The molecule has 1 saturated heterocycles. The quantitative estimate of drug-likeness (QED) is 0.610. The van der Waals surface area contributed by atoms with Crippen LogP contribution in [-0.4, -0.2) is 17.9 Å². The van der Waals surface area contributed by atoms with Crippen molar-refractivity contribution in [3.8, 4) is 5.75 Å². The molecule has 3 nitrogen and oxygen atoms in total. The lowest BCUT2D eigenvalue weighted by Gasteiger charge is -2.44. The Hall–Kier alpha value is -1.71. The lowest BCUT2D eigenvalue weighted by atomic mass is 9.92. The molecule has 2 aromatic rings. The number of nitrogens with zero attached hydrogens (tertiary/aromatic N) is 1. The van der Waals surface area contributed by atoms with E-state index in [0.29, 0.717) is 11.6 Å². The monoisotopic (exact) mass is 335 g/mol. The molecule has 0 saturated carbocycles. The Balaban J connectivity index is 1.87. The second kappa shape index (κ2) is 6.19. The van der Waals surface area contributed by atoms with Gasteiger partial charge in [-0.05, 0) is 48.9 Å². The van der Waals surface area contributed by atoms with Crippen LogP contribution in [0.25, 0.3) is 0 Å². The zero-order valence-corrected chi connectivity index (χ0v) is 13.5. The third-order valence-corrected chi connectivity index (χ3v) is 4.34. The van der Waals surface area contributed by atoms with Gasteiger partial charge in [0.25, 0.3) is 0 Å². The van der Waals surface area contributed by atoms with E-state index in [1.807, 2.05) is 43.3 Å². The molecule has 0 N–H and O–H groups in total. The number of carbonyl (C=O) groups excluding carboxylic acids is 1. The number of β-lactam (4-membered cyclic amide) rings is 1. The molecule has 5 heteroatoms. The van der Waals surface area contributed by atoms with Crippen LogP contribution in [0.5, 0.6) is 5.75 Å². The predicted molar refractivity (Wildman–Crippen MR) is 88.9 cm³/mol. The van der Waals surface area contributed by atoms with E-state index in [0.717, 1.165) is 17.0 Å². The summed E-state index contributed by atoms with van der Waals surface area (Å²) in [5.41, 5.74) is 1.78. The maximum atomic E-state index is 12.1. The van der Waals surface area contributed by atoms with Gasteiger partial charge in [-0.2, -0.15) is 0 Å². The van der Waals surface area contributed by atoms with Gasteiger partial charge in [0, 0.05) is 10.7 Å². The number of hydrogen-bond acceptors (Lipinski definition) is 2. The summed E-state index contributed by atoms with van der Waals surface area (Å²) < 4.78 is 5.44. The molecule has 2 atom stereocenters. The van der Waals surface area contributed by atoms with Gasteiger partial charge in [0.05, 0.1) is 12.6 Å². The summed E-state index contributed by atoms with van der Waals surface area (Å²) in [6.45, 7) is 2.56. The van der Waals surface area contributed by atoms with Crippen molar-refractivity contribution in [2.45, 2.75) is 18.3 Å². The van der Waals surface area contributed by atoms with Gasteiger partial charge < -0.3 is 9.64 Å². The molecule has 1 fully saturated rings. The summed E-state index contributed by atoms with van der Waals surface area (Å²) in [5.74, 6) is 0.712. The van der Waals surface area contributed by atoms with E-state index in [1.165, 1.54) is 0 Å². The molecule has 114 valence electrons. The molecule has 0 spiro atoms. The van der Waals surface area contributed by atoms with Gasteiger partial charge in [-0.1, -0.05) is 23.7 Å². The SMILES string of the molecule is CCOc1ccc([C@@H]2[C@H](Cl)C(=O)N2c2ccc(Cl)cc2)cc1. The standard InChI is InChI=1S/C17H15Cl2NO2/c1-2-22-14-9-3-11(4-10-14)16-15(19)17(21)20(16)13-7-5-12(18)6-8-13/h3-10,15-16H,2H2,1H3/t15-,16+/m0/s1. The fourth-order valence-electron chi connectivity index (χ4n) is 2.59. The molecule has 1 aliphatic heterocycles. The lowest BCUT2D eigenvalue weighted by Crippen LogP contribution is -2.56. The topological polar surface area (TPSA) is 29.5 Å². The van der Waals surface area contributed by atoms with Crippen molar-refractivity contribution in [3.05, 3.63) is 59.1 Å². The van der Waals surface area contributed by atoms with Crippen molar-refractivity contribution in [1.29, 1.82) is 0 Å². The van der Waals surface area contributed by atoms with Crippen molar-refractivity contribution < 1.29 is 9.53 Å². The van der Waals surface area contributed by atoms with Gasteiger partial charge >= 0.3 is 0 Å². The number of amides is 1. The minimum absolute atomic E-state index is 0.0946. The van der Waals surface area contributed by atoms with Gasteiger partial charge in [-0.3, -0.25) is 4.79 Å². The fraction of sp³-hybridized carbons (Fsp3) is 0.235. The predicted octanol–water partition coefficient (Wildman–Crippen LogP) is 4.43. The second-order valence-corrected chi connectivity index (χ2v) is 5.94. The Bertz CT molecular complexity index is 670. The Labute approximate surface area is 139 Å². The van der Waals surface area contributed by atoms with Crippen molar-refractivity contribution in [2.24, 2.45) is 0 Å². The smallest absolute Gasteiger partial charge is 0.248 e. The average molecular weight is 336 g/mol. The number of hydrogen-bond donors (Lipinski definition) is 0. The van der Waals surface area contributed by atoms with Crippen LogP contribution in [0, 0.1) is 0 Å². The van der Waals surface area contributed by atoms with Gasteiger partial charge in [-0.25, -0.2) is 0 Å². The van der Waals surface area contributed by atoms with Crippen molar-refractivity contribution in [2.75, 3.05) is 11.5 Å². The van der Waals surface area contributed by atoms with E-state index >= 15 is 0 Å². The minimum Gasteiger partial charge on any atom is -0.494 e. The van der Waals surface area contributed by atoms with Crippen LogP contribution >= 0.6 is 23.2 Å². The van der Waals surface area contributed by atoms with E-state index < -0.39 is 5.38 Å². The largest absolute Gasteiger partial charge is 0.494 e. The molecule has 2 aromatic carbocycles. The number of benzene rings is 2. The first-order chi connectivity index (χ1) is 10.6. The maximum Gasteiger partial charge on any atom is 0.248 e. The molecular weight excluding hydrogens is 321 g/mol. The highest BCUT2D eigenvalue weighted by molar-refractivity contribution is 6.37. The molecule has 3 rings (SSSR count). The number of alkyl halides is 1. The van der Waals surface area contributed by atoms with Gasteiger partial charge in [0.15, 0.2) is 0 Å². The second-order valence-electron chi connectivity index (χ2n) is 5.03. The van der Waals surface area contributed by atoms with E-state index in [-0.39, 0.29) is 11.9 Å². The Kier molecular flexibility index (Phi) is 4.27. The minimum atomic E-state index is -0.548. The van der Waals surface area contributed by atoms with Gasteiger partial charge in [0.1, 0.15) is 11.1 Å². The van der Waals surface area contributed by atoms with Crippen LogP contribution in [0.1, 0.15) is 18.5 Å². The highest BCUT2D eigenvalue weighted by Crippen LogP contribution is 2.42.